The molecule has 0 aromatic carbocycles. The molecule has 0 fully saturated rings. The van der Waals surface area contributed by atoms with Crippen molar-refractivity contribution in [3.8, 4) is 0 Å². The quantitative estimate of drug-likeness (QED) is 0.503. The normalized spacial score (nSPS) is 6.57. The number of rotatable bonds is 1. The fourth-order valence-electron chi connectivity index (χ4n) is 0. The van der Waals surface area contributed by atoms with Gasteiger partial charge in [0.2, 0.25) is 5.52 Å². The van der Waals surface area contributed by atoms with Crippen molar-refractivity contribution in [1.82, 2.24) is 0 Å². The number of Topliss-reactive ketones (excluding diaryl/α,β-unsaturated/α-hetero) is 1. The van der Waals surface area contributed by atoms with Crippen LogP contribution in [0.15, 0.2) is 0 Å². The van der Waals surface area contributed by atoms with Crippen molar-refractivity contribution >= 4 is 20.5 Å². The SMILES string of the molecule is CC(=O)C(=O)P.[Pt]. The van der Waals surface area contributed by atoms with Gasteiger partial charge in [0.1, 0.15) is 0 Å². The summed E-state index contributed by atoms with van der Waals surface area (Å²) in [5, 5.41) is 0. The topological polar surface area (TPSA) is 34.1 Å². The molecule has 4 heteroatoms. The maximum atomic E-state index is 9.77. The van der Waals surface area contributed by atoms with Crippen molar-refractivity contribution in [3.05, 3.63) is 0 Å². The molecular weight excluding hydrogens is 294 g/mol. The molecule has 0 aliphatic carbocycles. The maximum Gasteiger partial charge on any atom is 0.213 e. The summed E-state index contributed by atoms with van der Waals surface area (Å²) >= 11 is 0. The molecule has 0 N–H and O–H groups in total. The van der Waals surface area contributed by atoms with Crippen LogP contribution in [0.5, 0.6) is 0 Å². The van der Waals surface area contributed by atoms with Gasteiger partial charge in [-0.05, 0) is 0 Å². The first-order valence-electron chi connectivity index (χ1n) is 1.45. The minimum absolute atomic E-state index is 0. The third-order valence-corrected chi connectivity index (χ3v) is 0.754. The molecule has 2 nitrogen and oxygen atoms in total. The van der Waals surface area contributed by atoms with Crippen LogP contribution < -0.4 is 0 Å². The molecule has 0 saturated carbocycles. The van der Waals surface area contributed by atoms with E-state index in [0.717, 1.165) is 0 Å². The summed E-state index contributed by atoms with van der Waals surface area (Å²) < 4.78 is 0. The van der Waals surface area contributed by atoms with Crippen molar-refractivity contribution in [3.63, 3.8) is 0 Å². The van der Waals surface area contributed by atoms with Crippen LogP contribution in [-0.4, -0.2) is 11.3 Å². The van der Waals surface area contributed by atoms with Crippen molar-refractivity contribution in [1.29, 1.82) is 0 Å². The van der Waals surface area contributed by atoms with E-state index in [-0.39, 0.29) is 21.1 Å². The van der Waals surface area contributed by atoms with Gasteiger partial charge >= 0.3 is 0 Å². The summed E-state index contributed by atoms with van der Waals surface area (Å²) in [5.41, 5.74) is -0.463. The van der Waals surface area contributed by atoms with Gasteiger partial charge in [0.25, 0.3) is 0 Å². The van der Waals surface area contributed by atoms with Crippen LogP contribution in [0, 0.1) is 0 Å². The molecule has 0 rings (SSSR count). The molecule has 0 aliphatic rings. The Morgan fingerprint density at radius 1 is 1.43 bits per heavy atom. The number of hydrogen-bond donors (Lipinski definition) is 0. The second-order valence-corrected chi connectivity index (χ2v) is 1.44. The van der Waals surface area contributed by atoms with Gasteiger partial charge in [0.05, 0.1) is 0 Å². The van der Waals surface area contributed by atoms with E-state index in [9.17, 15) is 9.59 Å². The molecule has 0 aromatic heterocycles. The van der Waals surface area contributed by atoms with E-state index in [1.807, 2.05) is 0 Å². The largest absolute Gasteiger partial charge is 0.291 e. The Bertz CT molecular complexity index is 78.9. The van der Waals surface area contributed by atoms with Crippen LogP contribution in [0.1, 0.15) is 6.92 Å². The van der Waals surface area contributed by atoms with Gasteiger partial charge in [-0.2, -0.15) is 0 Å². The second-order valence-electron chi connectivity index (χ2n) is 0.920. The van der Waals surface area contributed by atoms with E-state index >= 15 is 0 Å². The molecule has 44 valence electrons. The van der Waals surface area contributed by atoms with E-state index in [4.69, 9.17) is 0 Å². The van der Waals surface area contributed by atoms with Gasteiger partial charge in [-0.15, -0.1) is 0 Å². The Labute approximate surface area is 58.5 Å². The average molecular weight is 299 g/mol. The molecule has 1 atom stereocenters. The molecule has 0 bridgehead atoms. The van der Waals surface area contributed by atoms with E-state index in [1.54, 1.807) is 9.24 Å². The molecule has 7 heavy (non-hydrogen) atoms. The summed E-state index contributed by atoms with van der Waals surface area (Å²) in [4.78, 5) is 19.5. The first kappa shape index (κ1) is 10.4. The van der Waals surface area contributed by atoms with Crippen molar-refractivity contribution < 1.29 is 30.7 Å². The minimum Gasteiger partial charge on any atom is -0.291 e. The number of carbonyl (C=O) groups is 2. The predicted octanol–water partition coefficient (Wildman–Crippen LogP) is -0.0254. The Balaban J connectivity index is 0. The standard InChI is InChI=1S/C3H5O2P.Pt/c1-2(4)3(5)6;/h6H2,1H3;. The zero-order valence-electron chi connectivity index (χ0n) is 3.71. The first-order valence-corrected chi connectivity index (χ1v) is 2.02. The predicted molar refractivity (Wildman–Crippen MR) is 25.4 cm³/mol. The van der Waals surface area contributed by atoms with E-state index < -0.39 is 11.3 Å². The third-order valence-electron chi connectivity index (χ3n) is 0.347. The molecule has 0 aliphatic heterocycles. The second kappa shape index (κ2) is 4.61. The maximum absolute atomic E-state index is 9.77. The minimum atomic E-state index is -0.463. The summed E-state index contributed by atoms with van der Waals surface area (Å²) in [6.45, 7) is 1.23. The van der Waals surface area contributed by atoms with Crippen molar-refractivity contribution in [2.24, 2.45) is 0 Å². The molecule has 0 saturated heterocycles. The third kappa shape index (κ3) is 6.46. The molecule has 0 heterocycles. The van der Waals surface area contributed by atoms with Crippen LogP contribution in [0.3, 0.4) is 0 Å². The summed E-state index contributed by atoms with van der Waals surface area (Å²) in [7, 11) is 1.78. The van der Waals surface area contributed by atoms with Gasteiger partial charge in [-0.25, -0.2) is 0 Å². The Morgan fingerprint density at radius 3 is 1.57 bits per heavy atom. The van der Waals surface area contributed by atoms with Gasteiger partial charge in [0, 0.05) is 28.0 Å². The Hall–Kier alpha value is 0.458. The summed E-state index contributed by atoms with van der Waals surface area (Å²) in [5.74, 6) is -0.417. The van der Waals surface area contributed by atoms with E-state index in [1.165, 1.54) is 6.92 Å². The molecule has 0 aromatic rings. The monoisotopic (exact) mass is 299 g/mol. The van der Waals surface area contributed by atoms with Gasteiger partial charge in [-0.3, -0.25) is 9.59 Å². The number of ketones is 1. The average Bonchev–Trinajstić information content (AvgIpc) is 1.36. The molecule has 1 unspecified atom stereocenters. The van der Waals surface area contributed by atoms with Crippen molar-refractivity contribution in [2.45, 2.75) is 6.92 Å². The molecular formula is C3H5O2PPt. The number of carbonyl (C=O) groups excluding carboxylic acids is 2. The summed E-state index contributed by atoms with van der Waals surface area (Å²) in [6, 6.07) is 0. The molecule has 0 spiro atoms. The fraction of sp³-hybridized carbons (Fsp3) is 0.333. The van der Waals surface area contributed by atoms with Gasteiger partial charge in [0.15, 0.2) is 5.78 Å². The van der Waals surface area contributed by atoms with Crippen LogP contribution in [-0.2, 0) is 30.7 Å². The summed E-state index contributed by atoms with van der Waals surface area (Å²) in [6.07, 6.45) is 0. The Kier molecular flexibility index (Phi) is 6.88. The van der Waals surface area contributed by atoms with E-state index in [2.05, 4.69) is 0 Å². The Morgan fingerprint density at radius 2 is 1.57 bits per heavy atom. The zero-order chi connectivity index (χ0) is 5.15. The smallest absolute Gasteiger partial charge is 0.213 e. The first-order chi connectivity index (χ1) is 2.64. The van der Waals surface area contributed by atoms with Crippen LogP contribution >= 0.6 is 9.24 Å². The van der Waals surface area contributed by atoms with Crippen molar-refractivity contribution in [2.75, 3.05) is 0 Å². The fourth-order valence-corrected chi connectivity index (χ4v) is 0. The van der Waals surface area contributed by atoms with Gasteiger partial charge < -0.3 is 0 Å². The molecule has 0 amide bonds. The van der Waals surface area contributed by atoms with E-state index in [0.29, 0.717) is 0 Å². The van der Waals surface area contributed by atoms with Crippen LogP contribution in [0.4, 0.5) is 0 Å². The van der Waals surface area contributed by atoms with Gasteiger partial charge in [-0.1, -0.05) is 9.24 Å². The molecule has 0 radical (unpaired) electrons. The number of hydrogen-bond acceptors (Lipinski definition) is 2. The zero-order valence-corrected chi connectivity index (χ0v) is 7.14. The van der Waals surface area contributed by atoms with Crippen LogP contribution in [0.25, 0.3) is 0 Å². The van der Waals surface area contributed by atoms with Crippen LogP contribution in [0.2, 0.25) is 0 Å².